The Kier molecular flexibility index (Phi) is 10.3. The van der Waals surface area contributed by atoms with E-state index in [-0.39, 0.29) is 43.1 Å². The first-order valence-corrected chi connectivity index (χ1v) is 21.7. The number of rotatable bonds is 5. The number of benzene rings is 7. The average Bonchev–Trinajstić information content (AvgIpc) is 3.80. The third-order valence-electron chi connectivity index (χ3n) is 12.6. The van der Waals surface area contributed by atoms with E-state index in [1.807, 2.05) is 12.3 Å². The van der Waals surface area contributed by atoms with Gasteiger partial charge in [0.25, 0.3) is 0 Å². The van der Waals surface area contributed by atoms with Gasteiger partial charge in [-0.25, -0.2) is 4.98 Å². The topological polar surface area (TPSA) is 50.9 Å². The van der Waals surface area contributed by atoms with Crippen molar-refractivity contribution in [2.24, 2.45) is 0 Å². The van der Waals surface area contributed by atoms with Crippen molar-refractivity contribution >= 4 is 21.8 Å². The summed E-state index contributed by atoms with van der Waals surface area (Å²) in [6, 6.07) is 53.7. The molecule has 0 fully saturated rings. The Bertz CT molecular complexity index is 3240. The molecule has 1 N–H and O–H groups in total. The molecule has 1 aliphatic carbocycles. The van der Waals surface area contributed by atoms with Gasteiger partial charge < -0.3 is 5.11 Å². The Morgan fingerprint density at radius 2 is 1.17 bits per heavy atom. The van der Waals surface area contributed by atoms with E-state index in [9.17, 15) is 5.11 Å². The minimum Gasteiger partial charge on any atom is -0.507 e. The van der Waals surface area contributed by atoms with Crippen LogP contribution in [-0.2, 0) is 37.3 Å². The molecule has 0 spiro atoms. The summed E-state index contributed by atoms with van der Waals surface area (Å²) in [6.07, 6.45) is 1.89. The molecule has 0 bridgehead atoms. The van der Waals surface area contributed by atoms with Crippen molar-refractivity contribution in [3.63, 3.8) is 0 Å². The number of aromatic nitrogens is 3. The predicted octanol–water partition coefficient (Wildman–Crippen LogP) is 15.3. The van der Waals surface area contributed by atoms with Crippen molar-refractivity contribution < 1.29 is 26.2 Å². The Morgan fingerprint density at radius 1 is 0.524 bits per heavy atom. The number of phenolic OH excluding ortho intramolecular Hbond substituents is 1. The second-order valence-corrected chi connectivity index (χ2v) is 20.0. The van der Waals surface area contributed by atoms with Gasteiger partial charge in [0.05, 0.1) is 16.6 Å². The molecule has 0 saturated heterocycles. The quantitative estimate of drug-likeness (QED) is 0.175. The molecule has 4 nitrogen and oxygen atoms in total. The summed E-state index contributed by atoms with van der Waals surface area (Å²) in [5.74, 6) is 0.953. The Balaban J connectivity index is 0.00000504. The summed E-state index contributed by atoms with van der Waals surface area (Å²) in [4.78, 5) is 10.5. The molecule has 7 aromatic carbocycles. The van der Waals surface area contributed by atoms with Crippen LogP contribution in [0.2, 0.25) is 0 Å². The van der Waals surface area contributed by atoms with Crippen molar-refractivity contribution in [1.82, 2.24) is 14.5 Å². The van der Waals surface area contributed by atoms with Gasteiger partial charge in [0.1, 0.15) is 11.6 Å². The first-order valence-electron chi connectivity index (χ1n) is 21.7. The number of para-hydroxylation sites is 1. The third-order valence-corrected chi connectivity index (χ3v) is 12.6. The SMILES string of the molecule is CC(C)(C)c1cc(-c2cc(-c3ccccc3)ccn2)[c-]c(-c2cccc3c2nc(-c2cc(C(C)(C)C)cc(C(C)(C)C)c2O)n3-c2ccc3c(c2)-c2cccc4cccc-3c24)c1.[Pt]. The molecule has 0 aliphatic heterocycles. The monoisotopic (exact) mass is 1000 g/mol. The minimum absolute atomic E-state index is 0. The van der Waals surface area contributed by atoms with Crippen molar-refractivity contribution in [3.05, 3.63) is 168 Å². The fourth-order valence-electron chi connectivity index (χ4n) is 9.16. The van der Waals surface area contributed by atoms with Gasteiger partial charge in [0.2, 0.25) is 0 Å². The van der Waals surface area contributed by atoms with Gasteiger partial charge in [0, 0.05) is 44.2 Å². The van der Waals surface area contributed by atoms with Gasteiger partial charge >= 0.3 is 0 Å². The molecule has 0 saturated carbocycles. The van der Waals surface area contributed by atoms with E-state index in [0.29, 0.717) is 11.4 Å². The first-order chi connectivity index (χ1) is 29.5. The molecule has 0 atom stereocenters. The van der Waals surface area contributed by atoms with E-state index in [1.165, 1.54) is 38.6 Å². The second kappa shape index (κ2) is 15.3. The maximum Gasteiger partial charge on any atom is 0.148 e. The molecule has 5 heteroatoms. The second-order valence-electron chi connectivity index (χ2n) is 20.0. The zero-order chi connectivity index (χ0) is 43.3. The van der Waals surface area contributed by atoms with Crippen LogP contribution < -0.4 is 0 Å². The number of phenols is 1. The summed E-state index contributed by atoms with van der Waals surface area (Å²) in [7, 11) is 0. The van der Waals surface area contributed by atoms with Crippen LogP contribution in [0.5, 0.6) is 5.75 Å². The van der Waals surface area contributed by atoms with Gasteiger partial charge in [-0.2, -0.15) is 0 Å². The van der Waals surface area contributed by atoms with Crippen LogP contribution >= 0.6 is 0 Å². The van der Waals surface area contributed by atoms with Gasteiger partial charge in [0.15, 0.2) is 0 Å². The Hall–Kier alpha value is -6.09. The molecule has 2 aromatic heterocycles. The molecule has 10 rings (SSSR count). The molecule has 0 radical (unpaired) electrons. The molecule has 316 valence electrons. The van der Waals surface area contributed by atoms with Crippen LogP contribution in [0.15, 0.2) is 146 Å². The van der Waals surface area contributed by atoms with Crippen molar-refractivity contribution in [2.45, 2.75) is 78.6 Å². The summed E-state index contributed by atoms with van der Waals surface area (Å²) < 4.78 is 2.26. The minimum atomic E-state index is -0.315. The number of imidazole rings is 1. The van der Waals surface area contributed by atoms with Gasteiger partial charge in [-0.05, 0) is 96.3 Å². The molecule has 0 amide bonds. The van der Waals surface area contributed by atoms with E-state index in [1.54, 1.807) is 0 Å². The van der Waals surface area contributed by atoms with Crippen molar-refractivity contribution in [1.29, 1.82) is 0 Å². The van der Waals surface area contributed by atoms with E-state index in [4.69, 9.17) is 9.97 Å². The number of hydrogen-bond donors (Lipinski definition) is 1. The molecule has 0 unspecified atom stereocenters. The molecule has 2 heterocycles. The molecule has 63 heavy (non-hydrogen) atoms. The van der Waals surface area contributed by atoms with E-state index >= 15 is 0 Å². The van der Waals surface area contributed by atoms with Crippen LogP contribution in [-0.4, -0.2) is 19.6 Å². The van der Waals surface area contributed by atoms with Crippen LogP contribution in [0.25, 0.3) is 94.6 Å². The zero-order valence-electron chi connectivity index (χ0n) is 37.5. The molecular weight excluding hydrogens is 950 g/mol. The largest absolute Gasteiger partial charge is 0.507 e. The van der Waals surface area contributed by atoms with Crippen LogP contribution in [0, 0.1) is 6.07 Å². The van der Waals surface area contributed by atoms with Gasteiger partial charge in [-0.15, -0.1) is 29.3 Å². The third kappa shape index (κ3) is 7.33. The Morgan fingerprint density at radius 3 is 1.87 bits per heavy atom. The van der Waals surface area contributed by atoms with Gasteiger partial charge in [-0.3, -0.25) is 9.55 Å². The summed E-state index contributed by atoms with van der Waals surface area (Å²) in [5.41, 5.74) is 17.0. The molecule has 1 aliphatic rings. The van der Waals surface area contributed by atoms with E-state index in [0.717, 1.165) is 61.4 Å². The normalized spacial score (nSPS) is 12.5. The van der Waals surface area contributed by atoms with Crippen molar-refractivity contribution in [3.8, 4) is 78.6 Å². The van der Waals surface area contributed by atoms with Crippen LogP contribution in [0.3, 0.4) is 0 Å². The molecular formula is C58H52N3OPt-. The van der Waals surface area contributed by atoms with Crippen LogP contribution in [0.4, 0.5) is 0 Å². The van der Waals surface area contributed by atoms with E-state index < -0.39 is 0 Å². The number of fused-ring (bicyclic) bond motifs is 4. The standard InChI is InChI=1S/C58H52N3O.Pt/c1-56(2,3)40-29-38(28-39(30-40)50-31-37(26-27-59-50)35-16-11-10-12-17-35)43-20-15-23-51-53(43)60-55(48-32-41(57(4,5)6)33-49(54(48)62)58(7,8)9)61(51)42-24-25-44-45-21-13-18-36-19-14-22-46(52(36)45)47(44)34-42;/h10-27,29-34,62H,1-9H3;/q-1;. The fourth-order valence-corrected chi connectivity index (χ4v) is 9.16. The average molecular weight is 1000 g/mol. The maximum atomic E-state index is 12.5. The number of hydrogen-bond acceptors (Lipinski definition) is 3. The zero-order valence-corrected chi connectivity index (χ0v) is 39.7. The van der Waals surface area contributed by atoms with Crippen LogP contribution in [0.1, 0.15) is 79.0 Å². The smallest absolute Gasteiger partial charge is 0.148 e. The fraction of sp³-hybridized carbons (Fsp3) is 0.207. The number of pyridine rings is 1. The first kappa shape index (κ1) is 42.2. The summed E-state index contributed by atoms with van der Waals surface area (Å²) >= 11 is 0. The maximum absolute atomic E-state index is 12.5. The summed E-state index contributed by atoms with van der Waals surface area (Å²) in [5, 5.41) is 15.0. The number of nitrogens with zero attached hydrogens (tertiary/aromatic N) is 3. The van der Waals surface area contributed by atoms with Crippen molar-refractivity contribution in [2.75, 3.05) is 0 Å². The van der Waals surface area contributed by atoms with Gasteiger partial charge in [-0.1, -0.05) is 171 Å². The number of aromatic hydroxyl groups is 1. The Labute approximate surface area is 386 Å². The molecule has 9 aromatic rings. The van der Waals surface area contributed by atoms with E-state index in [2.05, 4.69) is 206 Å². The predicted molar refractivity (Wildman–Crippen MR) is 259 cm³/mol. The summed E-state index contributed by atoms with van der Waals surface area (Å²) in [6.45, 7) is 19.9.